The molecule has 0 unspecified atom stereocenters. The molecule has 0 spiro atoms. The van der Waals surface area contributed by atoms with Crippen LogP contribution in [-0.4, -0.2) is 16.1 Å². The fraction of sp³-hybridized carbons (Fsp3) is 0.111. The van der Waals surface area contributed by atoms with Crippen molar-refractivity contribution in [1.82, 2.24) is 9.78 Å². The van der Waals surface area contributed by atoms with Gasteiger partial charge in [-0.1, -0.05) is 0 Å². The summed E-state index contributed by atoms with van der Waals surface area (Å²) < 4.78 is 37.9. The van der Waals surface area contributed by atoms with E-state index in [1.807, 2.05) is 0 Å². The van der Waals surface area contributed by atoms with E-state index in [0.717, 1.165) is 28.4 Å². The summed E-state index contributed by atoms with van der Waals surface area (Å²) >= 11 is 1.15. The van der Waals surface area contributed by atoms with E-state index in [9.17, 15) is 18.0 Å². The van der Waals surface area contributed by atoms with Crippen molar-refractivity contribution >= 4 is 17.6 Å². The average molecular weight is 246 g/mol. The maximum Gasteiger partial charge on any atom is 0.419 e. The summed E-state index contributed by atoms with van der Waals surface area (Å²) in [4.78, 5) is 10.9. The zero-order valence-corrected chi connectivity index (χ0v) is 8.55. The van der Waals surface area contributed by atoms with Gasteiger partial charge in [0.25, 0.3) is 0 Å². The molecule has 84 valence electrons. The SMILES string of the molecule is O=Cc1cc(-n2cc(C(F)(F)F)cn2)cs1. The number of rotatable bonds is 2. The number of halogens is 3. The smallest absolute Gasteiger partial charge is 0.297 e. The number of carbonyl (C=O) groups is 1. The van der Waals surface area contributed by atoms with Gasteiger partial charge in [0.1, 0.15) is 0 Å². The Morgan fingerprint density at radius 3 is 2.69 bits per heavy atom. The van der Waals surface area contributed by atoms with Gasteiger partial charge >= 0.3 is 6.18 Å². The molecule has 3 nitrogen and oxygen atoms in total. The molecule has 0 aromatic carbocycles. The number of aldehydes is 1. The zero-order chi connectivity index (χ0) is 11.8. The van der Waals surface area contributed by atoms with E-state index in [1.165, 1.54) is 6.07 Å². The Morgan fingerprint density at radius 2 is 2.19 bits per heavy atom. The maximum atomic E-state index is 12.3. The topological polar surface area (TPSA) is 34.9 Å². The molecule has 0 atom stereocenters. The average Bonchev–Trinajstić information content (AvgIpc) is 2.85. The van der Waals surface area contributed by atoms with Crippen LogP contribution in [0.3, 0.4) is 0 Å². The van der Waals surface area contributed by atoms with Crippen LogP contribution in [0, 0.1) is 0 Å². The molecular weight excluding hydrogens is 241 g/mol. The van der Waals surface area contributed by atoms with Crippen LogP contribution in [0.4, 0.5) is 13.2 Å². The van der Waals surface area contributed by atoms with Gasteiger partial charge in [-0.25, -0.2) is 4.68 Å². The Bertz CT molecular complexity index is 515. The van der Waals surface area contributed by atoms with Gasteiger partial charge in [-0.15, -0.1) is 11.3 Å². The second-order valence-electron chi connectivity index (χ2n) is 3.00. The molecule has 16 heavy (non-hydrogen) atoms. The van der Waals surface area contributed by atoms with Crippen molar-refractivity contribution in [2.45, 2.75) is 6.18 Å². The highest BCUT2D eigenvalue weighted by atomic mass is 32.1. The molecule has 2 heterocycles. The van der Waals surface area contributed by atoms with Gasteiger partial charge in [-0.3, -0.25) is 4.79 Å². The Hall–Kier alpha value is -1.63. The van der Waals surface area contributed by atoms with Crippen molar-refractivity contribution in [1.29, 1.82) is 0 Å². The highest BCUT2D eigenvalue weighted by Gasteiger charge is 2.32. The molecule has 2 rings (SSSR count). The summed E-state index contributed by atoms with van der Waals surface area (Å²) in [5.74, 6) is 0. The third-order valence-corrected chi connectivity index (χ3v) is 2.74. The number of hydrogen-bond donors (Lipinski definition) is 0. The number of hydrogen-bond acceptors (Lipinski definition) is 3. The van der Waals surface area contributed by atoms with Crippen molar-refractivity contribution in [3.8, 4) is 5.69 Å². The van der Waals surface area contributed by atoms with Crippen molar-refractivity contribution in [2.24, 2.45) is 0 Å². The van der Waals surface area contributed by atoms with Gasteiger partial charge in [0.05, 0.1) is 22.3 Å². The van der Waals surface area contributed by atoms with Crippen LogP contribution < -0.4 is 0 Å². The van der Waals surface area contributed by atoms with Gasteiger partial charge in [0, 0.05) is 11.6 Å². The number of carbonyl (C=O) groups excluding carboxylic acids is 1. The van der Waals surface area contributed by atoms with Crippen molar-refractivity contribution < 1.29 is 18.0 Å². The predicted molar refractivity (Wildman–Crippen MR) is 51.8 cm³/mol. The minimum atomic E-state index is -4.40. The minimum absolute atomic E-state index is 0.444. The normalized spacial score (nSPS) is 11.7. The van der Waals surface area contributed by atoms with Gasteiger partial charge in [-0.05, 0) is 6.07 Å². The molecule has 2 aromatic rings. The van der Waals surface area contributed by atoms with Crippen molar-refractivity contribution in [3.05, 3.63) is 34.3 Å². The van der Waals surface area contributed by atoms with Crippen LogP contribution in [-0.2, 0) is 6.18 Å². The maximum absolute atomic E-state index is 12.3. The largest absolute Gasteiger partial charge is 0.419 e. The standard InChI is InChI=1S/C9H5F3N2OS/c10-9(11,12)6-2-13-14(3-6)7-1-8(4-15)16-5-7/h1-5H. The van der Waals surface area contributed by atoms with Gasteiger partial charge in [-0.2, -0.15) is 18.3 Å². The van der Waals surface area contributed by atoms with Gasteiger partial charge in [0.15, 0.2) is 6.29 Å². The summed E-state index contributed by atoms with van der Waals surface area (Å²) in [6.45, 7) is 0. The van der Waals surface area contributed by atoms with E-state index in [2.05, 4.69) is 5.10 Å². The first-order valence-corrected chi connectivity index (χ1v) is 5.04. The molecule has 0 aliphatic heterocycles. The molecular formula is C9H5F3N2OS. The molecule has 0 N–H and O–H groups in total. The van der Waals surface area contributed by atoms with Gasteiger partial charge < -0.3 is 0 Å². The molecule has 0 saturated heterocycles. The molecule has 7 heteroatoms. The molecule has 0 aliphatic carbocycles. The third-order valence-electron chi connectivity index (χ3n) is 1.90. The summed E-state index contributed by atoms with van der Waals surface area (Å²) in [6, 6.07) is 1.48. The van der Waals surface area contributed by atoms with Crippen LogP contribution in [0.15, 0.2) is 23.8 Å². The molecule has 0 radical (unpaired) electrons. The van der Waals surface area contributed by atoms with E-state index in [1.54, 1.807) is 5.38 Å². The predicted octanol–water partition coefficient (Wildman–Crippen LogP) is 2.77. The molecule has 2 aromatic heterocycles. The van der Waals surface area contributed by atoms with Gasteiger partial charge in [0.2, 0.25) is 0 Å². The first-order chi connectivity index (χ1) is 7.50. The molecule has 0 aliphatic rings. The fourth-order valence-corrected chi connectivity index (χ4v) is 1.81. The Morgan fingerprint density at radius 1 is 1.44 bits per heavy atom. The molecule has 0 bridgehead atoms. The lowest BCUT2D eigenvalue weighted by atomic mass is 10.3. The van der Waals surface area contributed by atoms with E-state index >= 15 is 0 Å². The lowest BCUT2D eigenvalue weighted by Gasteiger charge is -2.00. The molecule has 0 fully saturated rings. The second-order valence-corrected chi connectivity index (χ2v) is 3.94. The van der Waals surface area contributed by atoms with E-state index in [-0.39, 0.29) is 0 Å². The summed E-state index contributed by atoms with van der Waals surface area (Å²) in [6.07, 6.45) is -2.13. The van der Waals surface area contributed by atoms with Crippen LogP contribution in [0.5, 0.6) is 0 Å². The minimum Gasteiger partial charge on any atom is -0.297 e. The fourth-order valence-electron chi connectivity index (χ4n) is 1.13. The lowest BCUT2D eigenvalue weighted by Crippen LogP contribution is -2.02. The van der Waals surface area contributed by atoms with Crippen LogP contribution in [0.2, 0.25) is 0 Å². The Labute approximate surface area is 92.1 Å². The van der Waals surface area contributed by atoms with Crippen molar-refractivity contribution in [2.75, 3.05) is 0 Å². The number of alkyl halides is 3. The monoisotopic (exact) mass is 246 g/mol. The summed E-state index contributed by atoms with van der Waals surface area (Å²) in [5, 5.41) is 5.15. The second kappa shape index (κ2) is 3.75. The highest BCUT2D eigenvalue weighted by molar-refractivity contribution is 7.12. The first kappa shape index (κ1) is 10.9. The van der Waals surface area contributed by atoms with Crippen LogP contribution in [0.25, 0.3) is 5.69 Å². The van der Waals surface area contributed by atoms with E-state index < -0.39 is 11.7 Å². The molecule has 0 amide bonds. The van der Waals surface area contributed by atoms with Crippen LogP contribution >= 0.6 is 11.3 Å². The number of nitrogens with zero attached hydrogens (tertiary/aromatic N) is 2. The first-order valence-electron chi connectivity index (χ1n) is 4.16. The quantitative estimate of drug-likeness (QED) is 0.764. The summed E-state index contributed by atoms with van der Waals surface area (Å²) in [7, 11) is 0. The van der Waals surface area contributed by atoms with E-state index in [0.29, 0.717) is 16.9 Å². The molecule has 0 saturated carbocycles. The van der Waals surface area contributed by atoms with Crippen molar-refractivity contribution in [3.63, 3.8) is 0 Å². The van der Waals surface area contributed by atoms with Crippen LogP contribution in [0.1, 0.15) is 15.2 Å². The summed E-state index contributed by atoms with van der Waals surface area (Å²) in [5.41, 5.74) is -0.367. The number of thiophene rings is 1. The Balaban J connectivity index is 2.35. The highest BCUT2D eigenvalue weighted by Crippen LogP contribution is 2.29. The van der Waals surface area contributed by atoms with E-state index in [4.69, 9.17) is 0 Å². The zero-order valence-electron chi connectivity index (χ0n) is 7.73. The Kier molecular flexibility index (Phi) is 2.55. The third kappa shape index (κ3) is 1.99. The number of aromatic nitrogens is 2. The lowest BCUT2D eigenvalue weighted by molar-refractivity contribution is -0.137.